The van der Waals surface area contributed by atoms with E-state index in [-0.39, 0.29) is 25.0 Å². The summed E-state index contributed by atoms with van der Waals surface area (Å²) in [5, 5.41) is 15.2. The molecule has 0 aliphatic carbocycles. The summed E-state index contributed by atoms with van der Waals surface area (Å²) in [6.45, 7) is 8.56. The van der Waals surface area contributed by atoms with Crippen molar-refractivity contribution in [3.63, 3.8) is 0 Å². The molecule has 0 radical (unpaired) electrons. The first-order valence-electron chi connectivity index (χ1n) is 14.1. The molecule has 2 aliphatic heterocycles. The van der Waals surface area contributed by atoms with Crippen molar-refractivity contribution in [2.75, 3.05) is 39.4 Å². The molecule has 2 aromatic carbocycles. The van der Waals surface area contributed by atoms with Crippen LogP contribution in [0.25, 0.3) is 0 Å². The van der Waals surface area contributed by atoms with Gasteiger partial charge in [-0.15, -0.1) is 0 Å². The first-order valence-corrected chi connectivity index (χ1v) is 14.4. The monoisotopic (exact) mass is 566 g/mol. The van der Waals surface area contributed by atoms with Gasteiger partial charge in [-0.1, -0.05) is 41.9 Å². The van der Waals surface area contributed by atoms with Crippen LogP contribution >= 0.6 is 11.6 Å². The Morgan fingerprint density at radius 2 is 1.82 bits per heavy atom. The lowest BCUT2D eigenvalue weighted by Crippen LogP contribution is -2.57. The van der Waals surface area contributed by atoms with Gasteiger partial charge >= 0.3 is 0 Å². The average Bonchev–Trinajstić information content (AvgIpc) is 3.38. The molecule has 1 N–H and O–H groups in total. The number of carbonyl (C=O) groups is 1. The van der Waals surface area contributed by atoms with Gasteiger partial charge in [-0.3, -0.25) is 14.4 Å². The van der Waals surface area contributed by atoms with E-state index in [1.165, 1.54) is 5.56 Å². The predicted octanol–water partition coefficient (Wildman–Crippen LogP) is 4.23. The Kier molecular flexibility index (Phi) is 9.10. The number of aliphatic hydroxyl groups is 1. The first kappa shape index (κ1) is 28.6. The summed E-state index contributed by atoms with van der Waals surface area (Å²) in [7, 11) is 0. The number of piperidine rings is 1. The van der Waals surface area contributed by atoms with E-state index in [0.29, 0.717) is 45.6 Å². The summed E-state index contributed by atoms with van der Waals surface area (Å²) in [6.07, 6.45) is 5.11. The highest BCUT2D eigenvalue weighted by Crippen LogP contribution is 2.30. The fourth-order valence-electron chi connectivity index (χ4n) is 5.61. The van der Waals surface area contributed by atoms with Crippen LogP contribution in [0.4, 0.5) is 0 Å². The molecule has 2 fully saturated rings. The van der Waals surface area contributed by atoms with Gasteiger partial charge < -0.3 is 19.5 Å². The highest BCUT2D eigenvalue weighted by atomic mass is 35.5. The third-order valence-corrected chi connectivity index (χ3v) is 8.41. The Morgan fingerprint density at radius 3 is 2.55 bits per heavy atom. The van der Waals surface area contributed by atoms with Crippen molar-refractivity contribution < 1.29 is 19.4 Å². The van der Waals surface area contributed by atoms with Gasteiger partial charge in [0, 0.05) is 49.5 Å². The Hall–Kier alpha value is -2.91. The number of benzene rings is 2. The molecule has 5 rings (SSSR count). The molecular weight excluding hydrogens is 528 g/mol. The molecular formula is C31H39ClN4O4. The maximum atomic E-state index is 13.4. The smallest absolute Gasteiger partial charge is 0.225 e. The van der Waals surface area contributed by atoms with Crippen molar-refractivity contribution in [2.24, 2.45) is 0 Å². The third-order valence-electron chi connectivity index (χ3n) is 7.81. The van der Waals surface area contributed by atoms with Gasteiger partial charge in [-0.2, -0.15) is 5.10 Å². The lowest BCUT2D eigenvalue weighted by Gasteiger charge is -2.43. The van der Waals surface area contributed by atoms with Crippen LogP contribution in [0.15, 0.2) is 54.9 Å². The molecule has 2 saturated heterocycles. The summed E-state index contributed by atoms with van der Waals surface area (Å²) < 4.78 is 14.7. The number of amides is 1. The van der Waals surface area contributed by atoms with Crippen LogP contribution in [-0.4, -0.2) is 81.7 Å². The Labute approximate surface area is 241 Å². The standard InChI is InChI=1S/C31H39ClN4O4/c1-23-14-28(15-24(2)30(23)32)39-22-31(16-29(38)35-10-8-27(37)9-11-35)21-34(12-13-40-31)18-26-17-33-36(20-26)19-25-6-4-3-5-7-25/h3-7,14-15,17,20,27,37H,8-13,16,18-19,21-22H2,1-2H3/t31-/m0/s1. The number of aryl methyl sites for hydroxylation is 2. The summed E-state index contributed by atoms with van der Waals surface area (Å²) >= 11 is 6.37. The number of halogens is 1. The Morgan fingerprint density at radius 1 is 1.10 bits per heavy atom. The second-order valence-electron chi connectivity index (χ2n) is 11.2. The van der Waals surface area contributed by atoms with E-state index >= 15 is 0 Å². The number of ether oxygens (including phenoxy) is 2. The molecule has 9 heteroatoms. The molecule has 3 heterocycles. The zero-order valence-electron chi connectivity index (χ0n) is 23.4. The predicted molar refractivity (Wildman–Crippen MR) is 155 cm³/mol. The number of likely N-dealkylation sites (tertiary alicyclic amines) is 1. The summed E-state index contributed by atoms with van der Waals surface area (Å²) in [4.78, 5) is 17.6. The van der Waals surface area contributed by atoms with Crippen molar-refractivity contribution in [3.8, 4) is 5.75 Å². The molecule has 214 valence electrons. The first-order chi connectivity index (χ1) is 19.3. The van der Waals surface area contributed by atoms with Crippen LogP contribution in [0.2, 0.25) is 5.02 Å². The number of nitrogens with zero attached hydrogens (tertiary/aromatic N) is 4. The average molecular weight is 567 g/mol. The second kappa shape index (κ2) is 12.7. The third kappa shape index (κ3) is 7.23. The van der Waals surface area contributed by atoms with Crippen molar-refractivity contribution in [1.29, 1.82) is 0 Å². The lowest BCUT2D eigenvalue weighted by molar-refractivity contribution is -0.158. The van der Waals surface area contributed by atoms with Gasteiger partial charge in [0.2, 0.25) is 5.91 Å². The van der Waals surface area contributed by atoms with Crippen LogP contribution in [0, 0.1) is 13.8 Å². The minimum atomic E-state index is -0.799. The van der Waals surface area contributed by atoms with E-state index in [4.69, 9.17) is 21.1 Å². The van der Waals surface area contributed by atoms with E-state index in [1.807, 2.05) is 60.0 Å². The zero-order valence-corrected chi connectivity index (χ0v) is 24.1. The Bertz CT molecular complexity index is 1270. The van der Waals surface area contributed by atoms with E-state index in [0.717, 1.165) is 40.6 Å². The van der Waals surface area contributed by atoms with E-state index < -0.39 is 5.60 Å². The molecule has 40 heavy (non-hydrogen) atoms. The molecule has 0 bridgehead atoms. The maximum absolute atomic E-state index is 13.4. The zero-order chi connectivity index (χ0) is 28.1. The number of hydrogen-bond acceptors (Lipinski definition) is 6. The minimum absolute atomic E-state index is 0.0384. The van der Waals surface area contributed by atoms with Gasteiger partial charge in [0.05, 0.1) is 31.9 Å². The van der Waals surface area contributed by atoms with Gasteiger partial charge in [-0.25, -0.2) is 0 Å². The molecule has 3 aromatic rings. The normalized spacial score (nSPS) is 20.6. The number of morpholine rings is 1. The largest absolute Gasteiger partial charge is 0.490 e. The molecule has 0 unspecified atom stereocenters. The summed E-state index contributed by atoms with van der Waals surface area (Å²) in [6, 6.07) is 14.1. The highest BCUT2D eigenvalue weighted by Gasteiger charge is 2.41. The molecule has 0 spiro atoms. The SMILES string of the molecule is Cc1cc(OC[C@]2(CC(=O)N3CCC(O)CC3)CN(Cc3cnn(Cc4ccccc4)c3)CCO2)cc(C)c1Cl. The van der Waals surface area contributed by atoms with Gasteiger partial charge in [0.15, 0.2) is 0 Å². The molecule has 8 nitrogen and oxygen atoms in total. The molecule has 1 amide bonds. The van der Waals surface area contributed by atoms with E-state index in [1.54, 1.807) is 0 Å². The van der Waals surface area contributed by atoms with Crippen LogP contribution in [-0.2, 0) is 22.6 Å². The van der Waals surface area contributed by atoms with E-state index in [9.17, 15) is 9.90 Å². The lowest BCUT2D eigenvalue weighted by atomic mass is 9.95. The number of rotatable bonds is 9. The molecule has 1 atom stereocenters. The molecule has 0 saturated carbocycles. The highest BCUT2D eigenvalue weighted by molar-refractivity contribution is 6.32. The fraction of sp³-hybridized carbons (Fsp3) is 0.484. The topological polar surface area (TPSA) is 80.1 Å². The maximum Gasteiger partial charge on any atom is 0.225 e. The van der Waals surface area contributed by atoms with Gasteiger partial charge in [-0.05, 0) is 55.5 Å². The van der Waals surface area contributed by atoms with Crippen LogP contribution in [0.3, 0.4) is 0 Å². The van der Waals surface area contributed by atoms with E-state index in [2.05, 4.69) is 28.3 Å². The summed E-state index contributed by atoms with van der Waals surface area (Å²) in [5.74, 6) is 0.756. The quantitative estimate of drug-likeness (QED) is 0.418. The van der Waals surface area contributed by atoms with Crippen LogP contribution in [0.5, 0.6) is 5.75 Å². The molecule has 2 aliphatic rings. The minimum Gasteiger partial charge on any atom is -0.490 e. The van der Waals surface area contributed by atoms with Crippen molar-refractivity contribution >= 4 is 17.5 Å². The van der Waals surface area contributed by atoms with Gasteiger partial charge in [0.1, 0.15) is 18.0 Å². The summed E-state index contributed by atoms with van der Waals surface area (Å²) in [5.41, 5.74) is 3.43. The number of aliphatic hydroxyl groups excluding tert-OH is 1. The number of carbonyl (C=O) groups excluding carboxylic acids is 1. The van der Waals surface area contributed by atoms with Crippen molar-refractivity contribution in [1.82, 2.24) is 19.6 Å². The molecule has 1 aromatic heterocycles. The Balaban J connectivity index is 1.29. The number of hydrogen-bond donors (Lipinski definition) is 1. The van der Waals surface area contributed by atoms with Crippen LogP contribution < -0.4 is 4.74 Å². The number of aromatic nitrogens is 2. The van der Waals surface area contributed by atoms with Crippen molar-refractivity contribution in [2.45, 2.75) is 57.9 Å². The van der Waals surface area contributed by atoms with Gasteiger partial charge in [0.25, 0.3) is 0 Å². The fourth-order valence-corrected chi connectivity index (χ4v) is 5.72. The van der Waals surface area contributed by atoms with Crippen LogP contribution in [0.1, 0.15) is 41.5 Å². The van der Waals surface area contributed by atoms with Crippen molar-refractivity contribution in [3.05, 3.63) is 82.1 Å². The second-order valence-corrected chi connectivity index (χ2v) is 11.6.